The van der Waals surface area contributed by atoms with Crippen molar-refractivity contribution in [2.24, 2.45) is 0 Å². The number of carbonyl (C=O) groups excluding carboxylic acids is 3. The molecule has 10 heteroatoms. The molecule has 19 heavy (non-hydrogen) atoms. The maximum absolute atomic E-state index is 12.4. The minimum Gasteiger partial charge on any atom is -0.459 e. The zero-order valence-corrected chi connectivity index (χ0v) is 8.92. The Labute approximate surface area is 102 Å². The van der Waals surface area contributed by atoms with Crippen molar-refractivity contribution in [3.05, 3.63) is 11.6 Å². The van der Waals surface area contributed by atoms with Crippen LogP contribution in [0, 0.1) is 0 Å². The van der Waals surface area contributed by atoms with Crippen LogP contribution >= 0.6 is 0 Å². The number of halogens is 5. The summed E-state index contributed by atoms with van der Waals surface area (Å²) in [5.41, 5.74) is -0.481. The molecule has 0 saturated heterocycles. The number of hydrogen-bond acceptors (Lipinski definition) is 5. The molecule has 0 atom stereocenters. The normalized spacial score (nSPS) is 16.2. The Kier molecular flexibility index (Phi) is 3.91. The van der Waals surface area contributed by atoms with E-state index in [9.17, 15) is 36.3 Å². The molecule has 106 valence electrons. The first-order valence-corrected chi connectivity index (χ1v) is 4.60. The minimum absolute atomic E-state index is 0.481. The Balaban J connectivity index is 2.52. The molecule has 0 radical (unpaired) electrons. The van der Waals surface area contributed by atoms with Gasteiger partial charge in [-0.3, -0.25) is 4.79 Å². The van der Waals surface area contributed by atoms with Gasteiger partial charge >= 0.3 is 30.0 Å². The highest BCUT2D eigenvalue weighted by Crippen LogP contribution is 2.35. The first-order valence-electron chi connectivity index (χ1n) is 4.60. The molecule has 0 saturated carbocycles. The lowest BCUT2D eigenvalue weighted by Gasteiger charge is -2.18. The zero-order chi connectivity index (χ0) is 14.8. The van der Waals surface area contributed by atoms with Gasteiger partial charge in [-0.1, -0.05) is 0 Å². The SMILES string of the molecule is O=C1C=C(CC(=O)OCC(F)(F)C(F)(F)F)C(=O)O1. The predicted octanol–water partition coefficient (Wildman–Crippen LogP) is 1.13. The van der Waals surface area contributed by atoms with E-state index in [-0.39, 0.29) is 0 Å². The van der Waals surface area contributed by atoms with Crippen LogP contribution in [0.2, 0.25) is 0 Å². The van der Waals surface area contributed by atoms with Gasteiger partial charge in [0.2, 0.25) is 0 Å². The zero-order valence-electron chi connectivity index (χ0n) is 8.92. The van der Waals surface area contributed by atoms with Crippen LogP contribution in [0.1, 0.15) is 6.42 Å². The Morgan fingerprint density at radius 2 is 1.79 bits per heavy atom. The van der Waals surface area contributed by atoms with Gasteiger partial charge in [0.25, 0.3) is 0 Å². The molecular weight excluding hydrogens is 283 g/mol. The van der Waals surface area contributed by atoms with Crippen LogP contribution in [0.3, 0.4) is 0 Å². The smallest absolute Gasteiger partial charge is 0.456 e. The van der Waals surface area contributed by atoms with Gasteiger partial charge in [-0.15, -0.1) is 0 Å². The van der Waals surface area contributed by atoms with Gasteiger partial charge in [-0.2, -0.15) is 22.0 Å². The van der Waals surface area contributed by atoms with Crippen molar-refractivity contribution < 1.29 is 45.8 Å². The number of hydrogen-bond donors (Lipinski definition) is 0. The van der Waals surface area contributed by atoms with Gasteiger partial charge in [0.1, 0.15) is 0 Å². The highest BCUT2D eigenvalue weighted by atomic mass is 19.4. The fourth-order valence-electron chi connectivity index (χ4n) is 0.970. The molecule has 1 aliphatic rings. The number of esters is 3. The lowest BCUT2D eigenvalue weighted by atomic mass is 10.2. The quantitative estimate of drug-likeness (QED) is 0.440. The van der Waals surface area contributed by atoms with Crippen LogP contribution in [0.15, 0.2) is 11.6 Å². The van der Waals surface area contributed by atoms with E-state index >= 15 is 0 Å². The molecule has 0 aromatic heterocycles. The van der Waals surface area contributed by atoms with E-state index in [0.717, 1.165) is 0 Å². The maximum atomic E-state index is 12.4. The van der Waals surface area contributed by atoms with Crippen LogP contribution in [0.25, 0.3) is 0 Å². The lowest BCUT2D eigenvalue weighted by Crippen LogP contribution is -2.41. The van der Waals surface area contributed by atoms with Crippen LogP contribution in [0.5, 0.6) is 0 Å². The summed E-state index contributed by atoms with van der Waals surface area (Å²) in [7, 11) is 0. The largest absolute Gasteiger partial charge is 0.459 e. The molecule has 0 amide bonds. The van der Waals surface area contributed by atoms with Gasteiger partial charge in [0, 0.05) is 6.08 Å². The Morgan fingerprint density at radius 1 is 1.21 bits per heavy atom. The van der Waals surface area contributed by atoms with Gasteiger partial charge in [-0.05, 0) is 0 Å². The van der Waals surface area contributed by atoms with Crippen LogP contribution in [-0.4, -0.2) is 36.6 Å². The predicted molar refractivity (Wildman–Crippen MR) is 45.8 cm³/mol. The van der Waals surface area contributed by atoms with Crippen molar-refractivity contribution in [2.45, 2.75) is 18.5 Å². The van der Waals surface area contributed by atoms with Crippen molar-refractivity contribution in [3.63, 3.8) is 0 Å². The molecular formula is C9H5F5O5. The van der Waals surface area contributed by atoms with Crippen LogP contribution in [0.4, 0.5) is 22.0 Å². The number of carbonyl (C=O) groups is 3. The molecule has 0 unspecified atom stereocenters. The first-order chi connectivity index (χ1) is 8.53. The molecule has 0 aliphatic carbocycles. The van der Waals surface area contributed by atoms with Gasteiger partial charge in [0.05, 0.1) is 12.0 Å². The summed E-state index contributed by atoms with van der Waals surface area (Å²) in [5.74, 6) is -8.94. The van der Waals surface area contributed by atoms with Crippen molar-refractivity contribution in [3.8, 4) is 0 Å². The molecule has 0 aromatic carbocycles. The molecule has 0 N–H and O–H groups in total. The fraction of sp³-hybridized carbons (Fsp3) is 0.444. The molecule has 1 rings (SSSR count). The van der Waals surface area contributed by atoms with Crippen molar-refractivity contribution in [2.75, 3.05) is 6.61 Å². The number of rotatable bonds is 4. The Bertz CT molecular complexity index is 450. The fourth-order valence-corrected chi connectivity index (χ4v) is 0.970. The summed E-state index contributed by atoms with van der Waals surface area (Å²) in [6.45, 7) is -2.20. The average Bonchev–Trinajstić information content (AvgIpc) is 2.53. The molecule has 0 spiro atoms. The lowest BCUT2D eigenvalue weighted by molar-refractivity contribution is -0.294. The minimum atomic E-state index is -5.85. The second-order valence-electron chi connectivity index (χ2n) is 3.42. The second kappa shape index (κ2) is 4.94. The maximum Gasteiger partial charge on any atom is 0.456 e. The standard InChI is InChI=1S/C9H5F5O5/c10-8(11,9(12,13)14)3-18-5(15)1-4-2-6(16)19-7(4)17/h2H,1,3H2. The third-order valence-electron chi connectivity index (χ3n) is 1.91. The van der Waals surface area contributed by atoms with Gasteiger partial charge < -0.3 is 9.47 Å². The number of cyclic esters (lactones) is 2. The third-order valence-corrected chi connectivity index (χ3v) is 1.91. The van der Waals surface area contributed by atoms with E-state index in [1.165, 1.54) is 0 Å². The topological polar surface area (TPSA) is 69.7 Å². The van der Waals surface area contributed by atoms with E-state index in [2.05, 4.69) is 9.47 Å². The third kappa shape index (κ3) is 3.73. The van der Waals surface area contributed by atoms with E-state index < -0.39 is 48.6 Å². The molecule has 0 aromatic rings. The van der Waals surface area contributed by atoms with Crippen molar-refractivity contribution in [1.82, 2.24) is 0 Å². The monoisotopic (exact) mass is 288 g/mol. The van der Waals surface area contributed by atoms with E-state index in [1.54, 1.807) is 0 Å². The average molecular weight is 288 g/mol. The summed E-state index contributed by atoms with van der Waals surface area (Å²) in [5, 5.41) is 0. The van der Waals surface area contributed by atoms with E-state index in [4.69, 9.17) is 0 Å². The summed E-state index contributed by atoms with van der Waals surface area (Å²) in [6.07, 6.45) is -6.17. The summed E-state index contributed by atoms with van der Waals surface area (Å²) >= 11 is 0. The highest BCUT2D eigenvalue weighted by Gasteiger charge is 2.58. The molecule has 0 bridgehead atoms. The number of alkyl halides is 5. The highest BCUT2D eigenvalue weighted by molar-refractivity contribution is 6.10. The Hall–Kier alpha value is -2.00. The second-order valence-corrected chi connectivity index (χ2v) is 3.42. The first kappa shape index (κ1) is 15.1. The summed E-state index contributed by atoms with van der Waals surface area (Å²) < 4.78 is 67.6. The van der Waals surface area contributed by atoms with Crippen LogP contribution in [-0.2, 0) is 23.9 Å². The number of ether oxygens (including phenoxy) is 2. The summed E-state index contributed by atoms with van der Waals surface area (Å²) in [4.78, 5) is 32.3. The molecule has 5 nitrogen and oxygen atoms in total. The van der Waals surface area contributed by atoms with Gasteiger partial charge in [0.15, 0.2) is 6.61 Å². The molecule has 1 aliphatic heterocycles. The Morgan fingerprint density at radius 3 is 2.21 bits per heavy atom. The molecule has 1 heterocycles. The molecule has 0 fully saturated rings. The van der Waals surface area contributed by atoms with E-state index in [0.29, 0.717) is 6.08 Å². The van der Waals surface area contributed by atoms with Crippen molar-refractivity contribution >= 4 is 17.9 Å². The van der Waals surface area contributed by atoms with Crippen LogP contribution < -0.4 is 0 Å². The van der Waals surface area contributed by atoms with Crippen molar-refractivity contribution in [1.29, 1.82) is 0 Å². The van der Waals surface area contributed by atoms with E-state index in [1.807, 2.05) is 0 Å². The van der Waals surface area contributed by atoms with Gasteiger partial charge in [-0.25, -0.2) is 9.59 Å². The summed E-state index contributed by atoms with van der Waals surface area (Å²) in [6, 6.07) is 0.